The van der Waals surface area contributed by atoms with E-state index in [4.69, 9.17) is 4.74 Å². The van der Waals surface area contributed by atoms with Crippen molar-refractivity contribution in [1.29, 1.82) is 0 Å². The molecule has 2 aromatic carbocycles. The Kier molecular flexibility index (Phi) is 10.2. The average molecular weight is 534 g/mol. The lowest BCUT2D eigenvalue weighted by Crippen LogP contribution is -2.48. The van der Waals surface area contributed by atoms with Crippen LogP contribution in [0.5, 0.6) is 0 Å². The quantitative estimate of drug-likeness (QED) is 0.397. The van der Waals surface area contributed by atoms with Crippen molar-refractivity contribution in [3.05, 3.63) is 71.8 Å². The molecule has 0 radical (unpaired) electrons. The van der Waals surface area contributed by atoms with Gasteiger partial charge in [-0.05, 0) is 55.1 Å². The van der Waals surface area contributed by atoms with Gasteiger partial charge in [-0.25, -0.2) is 4.79 Å². The summed E-state index contributed by atoms with van der Waals surface area (Å²) in [6.45, 7) is 7.27. The largest absolute Gasteiger partial charge is 0.445 e. The molecule has 39 heavy (non-hydrogen) atoms. The van der Waals surface area contributed by atoms with Gasteiger partial charge in [-0.1, -0.05) is 67.6 Å². The fraction of sp³-hybridized carbons (Fsp3) is 0.531. The summed E-state index contributed by atoms with van der Waals surface area (Å²) in [6, 6.07) is 20.6. The predicted octanol–water partition coefficient (Wildman–Crippen LogP) is 5.11. The molecule has 4 rings (SSSR count). The van der Waals surface area contributed by atoms with Gasteiger partial charge < -0.3 is 19.4 Å². The molecule has 210 valence electrons. The fourth-order valence-corrected chi connectivity index (χ4v) is 6.35. The molecule has 3 unspecified atom stereocenters. The van der Waals surface area contributed by atoms with Gasteiger partial charge in [0.2, 0.25) is 5.78 Å². The fourth-order valence-electron chi connectivity index (χ4n) is 6.35. The van der Waals surface area contributed by atoms with Gasteiger partial charge in [0.25, 0.3) is 5.91 Å². The van der Waals surface area contributed by atoms with Crippen molar-refractivity contribution in [2.45, 2.75) is 70.6 Å². The van der Waals surface area contributed by atoms with Gasteiger partial charge in [-0.15, -0.1) is 0 Å². The smallest absolute Gasteiger partial charge is 0.410 e. The van der Waals surface area contributed by atoms with Gasteiger partial charge in [0.05, 0.1) is 0 Å². The van der Waals surface area contributed by atoms with Crippen molar-refractivity contribution in [2.24, 2.45) is 5.92 Å². The number of piperidine rings is 1. The topological polar surface area (TPSA) is 70.2 Å². The Bertz CT molecular complexity index is 1090. The number of Topliss-reactive ketones (excluding diaryl/α,β-unsaturated/α-hetero) is 1. The van der Waals surface area contributed by atoms with Crippen molar-refractivity contribution in [1.82, 2.24) is 14.7 Å². The number of likely N-dealkylation sites (tertiary alicyclic amines) is 1. The third-order valence-corrected chi connectivity index (χ3v) is 8.46. The summed E-state index contributed by atoms with van der Waals surface area (Å²) in [7, 11) is 1.77. The van der Waals surface area contributed by atoms with Crippen LogP contribution in [-0.4, -0.2) is 77.8 Å². The molecule has 0 bridgehead atoms. The van der Waals surface area contributed by atoms with E-state index >= 15 is 0 Å². The van der Waals surface area contributed by atoms with E-state index in [-0.39, 0.29) is 18.2 Å². The molecule has 3 atom stereocenters. The second-order valence-corrected chi connectivity index (χ2v) is 11.1. The SMILES string of the molecule is CCCN(C(=O)OCc1ccccc1)C1CCN(CC2CC(N(C)C(=O)C(C)=O)CC2c2ccccc2)CC1. The van der Waals surface area contributed by atoms with E-state index in [0.717, 1.165) is 57.3 Å². The van der Waals surface area contributed by atoms with Gasteiger partial charge in [-0.3, -0.25) is 9.59 Å². The highest BCUT2D eigenvalue weighted by Crippen LogP contribution is 2.42. The number of amides is 2. The maximum atomic E-state index is 13.0. The number of rotatable bonds is 10. The first kappa shape index (κ1) is 28.8. The van der Waals surface area contributed by atoms with Crippen LogP contribution in [0, 0.1) is 5.92 Å². The van der Waals surface area contributed by atoms with E-state index < -0.39 is 11.7 Å². The molecule has 0 spiro atoms. The third-order valence-electron chi connectivity index (χ3n) is 8.46. The number of carbonyl (C=O) groups is 3. The Morgan fingerprint density at radius 1 is 0.923 bits per heavy atom. The van der Waals surface area contributed by atoms with E-state index in [2.05, 4.69) is 36.1 Å². The number of benzene rings is 2. The number of carbonyl (C=O) groups excluding carboxylic acids is 3. The van der Waals surface area contributed by atoms with Crippen LogP contribution in [0.3, 0.4) is 0 Å². The van der Waals surface area contributed by atoms with E-state index in [0.29, 0.717) is 25.0 Å². The second-order valence-electron chi connectivity index (χ2n) is 11.1. The van der Waals surface area contributed by atoms with Crippen molar-refractivity contribution in [3.8, 4) is 0 Å². The Hall–Kier alpha value is -3.19. The van der Waals surface area contributed by atoms with Crippen molar-refractivity contribution in [2.75, 3.05) is 33.2 Å². The van der Waals surface area contributed by atoms with Crippen LogP contribution < -0.4 is 0 Å². The standard InChI is InChI=1S/C32H43N3O4/c1-4-17-35(32(38)39-23-25-11-7-5-8-12-25)28-15-18-34(19-16-28)22-27-20-29(33(3)31(37)24(2)36)21-30(27)26-13-9-6-10-14-26/h5-14,27-30H,4,15-23H2,1-3H3. The molecule has 1 saturated heterocycles. The van der Waals surface area contributed by atoms with E-state index in [1.54, 1.807) is 11.9 Å². The highest BCUT2D eigenvalue weighted by atomic mass is 16.6. The zero-order valence-electron chi connectivity index (χ0n) is 23.6. The Labute approximate surface area is 233 Å². The van der Waals surface area contributed by atoms with Crippen molar-refractivity contribution >= 4 is 17.8 Å². The first-order valence-electron chi connectivity index (χ1n) is 14.4. The van der Waals surface area contributed by atoms with Gasteiger partial charge in [0.15, 0.2) is 0 Å². The van der Waals surface area contributed by atoms with Crippen LogP contribution in [0.1, 0.15) is 63.0 Å². The molecule has 0 aromatic heterocycles. The van der Waals surface area contributed by atoms with E-state index in [1.165, 1.54) is 12.5 Å². The van der Waals surface area contributed by atoms with Crippen molar-refractivity contribution < 1.29 is 19.1 Å². The Morgan fingerprint density at radius 3 is 2.18 bits per heavy atom. The lowest BCUT2D eigenvalue weighted by atomic mass is 9.88. The minimum atomic E-state index is -0.404. The van der Waals surface area contributed by atoms with Gasteiger partial charge in [0, 0.05) is 52.2 Å². The molecule has 1 saturated carbocycles. The number of hydrogen-bond donors (Lipinski definition) is 0. The minimum absolute atomic E-state index is 0.0635. The Balaban J connectivity index is 1.35. The zero-order chi connectivity index (χ0) is 27.8. The molecule has 2 aromatic rings. The normalized spacial score (nSPS) is 21.9. The maximum Gasteiger partial charge on any atom is 0.410 e. The van der Waals surface area contributed by atoms with Crippen LogP contribution in [0.4, 0.5) is 4.79 Å². The minimum Gasteiger partial charge on any atom is -0.445 e. The highest BCUT2D eigenvalue weighted by Gasteiger charge is 2.40. The number of nitrogens with zero attached hydrogens (tertiary/aromatic N) is 3. The molecule has 7 nitrogen and oxygen atoms in total. The van der Waals surface area contributed by atoms with Gasteiger partial charge >= 0.3 is 6.09 Å². The molecule has 1 aliphatic heterocycles. The summed E-state index contributed by atoms with van der Waals surface area (Å²) in [4.78, 5) is 43.3. The van der Waals surface area contributed by atoms with Crippen molar-refractivity contribution in [3.63, 3.8) is 0 Å². The molecule has 0 N–H and O–H groups in total. The number of ether oxygens (including phenoxy) is 1. The maximum absolute atomic E-state index is 13.0. The lowest BCUT2D eigenvalue weighted by Gasteiger charge is -2.39. The lowest BCUT2D eigenvalue weighted by molar-refractivity contribution is -0.144. The summed E-state index contributed by atoms with van der Waals surface area (Å²) in [5.41, 5.74) is 2.30. The van der Waals surface area contributed by atoms with E-state index in [1.807, 2.05) is 41.3 Å². The first-order chi connectivity index (χ1) is 18.9. The highest BCUT2D eigenvalue weighted by molar-refractivity contribution is 6.35. The van der Waals surface area contributed by atoms with Crippen LogP contribution in [0.15, 0.2) is 60.7 Å². The molecular formula is C32H43N3O4. The monoisotopic (exact) mass is 533 g/mol. The van der Waals surface area contributed by atoms with Crippen LogP contribution in [-0.2, 0) is 20.9 Å². The first-order valence-corrected chi connectivity index (χ1v) is 14.4. The van der Waals surface area contributed by atoms with Gasteiger partial charge in [0.1, 0.15) is 6.61 Å². The zero-order valence-corrected chi connectivity index (χ0v) is 23.6. The molecule has 1 aliphatic carbocycles. The molecule has 2 amide bonds. The van der Waals surface area contributed by atoms with E-state index in [9.17, 15) is 14.4 Å². The molecular weight excluding hydrogens is 490 g/mol. The second kappa shape index (κ2) is 13.7. The van der Waals surface area contributed by atoms with Crippen LogP contribution >= 0.6 is 0 Å². The molecule has 2 fully saturated rings. The molecule has 2 aliphatic rings. The summed E-state index contributed by atoms with van der Waals surface area (Å²) in [5, 5.41) is 0. The summed E-state index contributed by atoms with van der Waals surface area (Å²) < 4.78 is 5.68. The summed E-state index contributed by atoms with van der Waals surface area (Å²) in [6.07, 6.45) is 4.29. The molecule has 7 heteroatoms. The van der Waals surface area contributed by atoms with Gasteiger partial charge in [-0.2, -0.15) is 0 Å². The number of ketones is 1. The predicted molar refractivity (Wildman–Crippen MR) is 152 cm³/mol. The van der Waals surface area contributed by atoms with Crippen LogP contribution in [0.2, 0.25) is 0 Å². The number of hydrogen-bond acceptors (Lipinski definition) is 5. The summed E-state index contributed by atoms with van der Waals surface area (Å²) >= 11 is 0. The number of likely N-dealkylation sites (N-methyl/N-ethyl adjacent to an activating group) is 1. The summed E-state index contributed by atoms with van der Waals surface area (Å²) in [5.74, 6) is -0.0546. The van der Waals surface area contributed by atoms with Crippen LogP contribution in [0.25, 0.3) is 0 Å². The Morgan fingerprint density at radius 2 is 1.56 bits per heavy atom. The third kappa shape index (κ3) is 7.47. The molecule has 1 heterocycles. The average Bonchev–Trinajstić information content (AvgIpc) is 3.39.